The maximum Gasteiger partial charge on any atom is 0.358 e. The molecule has 4 aliphatic rings. The first-order valence-corrected chi connectivity index (χ1v) is 13.0. The number of rotatable bonds is 5. The second kappa shape index (κ2) is 9.61. The Labute approximate surface area is 197 Å². The summed E-state index contributed by atoms with van der Waals surface area (Å²) in [5, 5.41) is 0. The molecule has 1 aromatic heterocycles. The molecule has 0 radical (unpaired) electrons. The lowest BCUT2D eigenvalue weighted by atomic mass is 9.75. The number of esters is 1. The van der Waals surface area contributed by atoms with Gasteiger partial charge in [-0.25, -0.2) is 9.78 Å². The molecule has 7 heteroatoms. The molecule has 1 saturated carbocycles. The van der Waals surface area contributed by atoms with E-state index in [2.05, 4.69) is 21.9 Å². The monoisotopic (exact) mass is 454 g/mol. The van der Waals surface area contributed by atoms with Crippen molar-refractivity contribution in [1.82, 2.24) is 14.8 Å². The summed E-state index contributed by atoms with van der Waals surface area (Å²) in [6, 6.07) is 4.11. The Bertz CT molecular complexity index is 868. The molecule has 5 rings (SSSR count). The molecule has 33 heavy (non-hydrogen) atoms. The average molecular weight is 455 g/mol. The lowest BCUT2D eigenvalue weighted by Gasteiger charge is -2.37. The summed E-state index contributed by atoms with van der Waals surface area (Å²) in [7, 11) is 1.94. The van der Waals surface area contributed by atoms with Crippen molar-refractivity contribution in [2.75, 3.05) is 51.2 Å². The summed E-state index contributed by atoms with van der Waals surface area (Å²) in [6.45, 7) is 6.08. The smallest absolute Gasteiger partial charge is 0.358 e. The molecule has 3 aliphatic heterocycles. The first-order valence-electron chi connectivity index (χ1n) is 13.0. The largest absolute Gasteiger partial charge is 0.449 e. The number of amides is 1. The third-order valence-corrected chi connectivity index (χ3v) is 8.25. The number of anilines is 1. The zero-order valence-corrected chi connectivity index (χ0v) is 20.1. The standard InChI is InChI=1S/C26H38N4O3/c1-28(18-19-29-14-4-2-5-15-29)24(31)20-10-12-26(13-11-20)21-8-9-22(27-23(21)25(32)33-26)30-16-6-3-7-17-30/h8-9,20H,2-7,10-19H2,1H3. The number of aromatic nitrogens is 1. The van der Waals surface area contributed by atoms with Crippen molar-refractivity contribution in [3.05, 3.63) is 23.4 Å². The number of fused-ring (bicyclic) bond motifs is 2. The lowest BCUT2D eigenvalue weighted by molar-refractivity contribution is -0.137. The SMILES string of the molecule is CN(CCN1CCCCC1)C(=O)C1CCC2(CC1)OC(=O)c1nc(N3CCCCC3)ccc12. The van der Waals surface area contributed by atoms with Gasteiger partial charge in [-0.3, -0.25) is 4.79 Å². The Morgan fingerprint density at radius 1 is 1.06 bits per heavy atom. The van der Waals surface area contributed by atoms with E-state index in [4.69, 9.17) is 9.72 Å². The molecule has 4 heterocycles. The molecule has 0 bridgehead atoms. The molecule has 1 spiro atoms. The number of ether oxygens (including phenoxy) is 1. The van der Waals surface area contributed by atoms with Crippen LogP contribution in [0, 0.1) is 5.92 Å². The van der Waals surface area contributed by atoms with Gasteiger partial charge in [-0.15, -0.1) is 0 Å². The predicted molar refractivity (Wildman–Crippen MR) is 127 cm³/mol. The van der Waals surface area contributed by atoms with Crippen molar-refractivity contribution in [3.8, 4) is 0 Å². The van der Waals surface area contributed by atoms with Crippen LogP contribution in [0.1, 0.15) is 80.3 Å². The summed E-state index contributed by atoms with van der Waals surface area (Å²) < 4.78 is 5.97. The van der Waals surface area contributed by atoms with Crippen LogP contribution in [0.4, 0.5) is 5.82 Å². The number of piperidine rings is 2. The van der Waals surface area contributed by atoms with E-state index in [1.54, 1.807) is 0 Å². The highest BCUT2D eigenvalue weighted by atomic mass is 16.6. The Kier molecular flexibility index (Phi) is 6.59. The fourth-order valence-corrected chi connectivity index (χ4v) is 6.15. The van der Waals surface area contributed by atoms with Crippen LogP contribution in [0.25, 0.3) is 0 Å². The number of carbonyl (C=O) groups excluding carboxylic acids is 2. The maximum atomic E-state index is 13.1. The van der Waals surface area contributed by atoms with E-state index in [1.807, 2.05) is 11.9 Å². The lowest BCUT2D eigenvalue weighted by Crippen LogP contribution is -2.43. The molecular formula is C26H38N4O3. The predicted octanol–water partition coefficient (Wildman–Crippen LogP) is 3.57. The van der Waals surface area contributed by atoms with E-state index in [9.17, 15) is 9.59 Å². The number of carbonyl (C=O) groups is 2. The van der Waals surface area contributed by atoms with E-state index in [-0.39, 0.29) is 17.8 Å². The number of pyridine rings is 1. The van der Waals surface area contributed by atoms with Crippen LogP contribution in [-0.2, 0) is 15.1 Å². The van der Waals surface area contributed by atoms with Gasteiger partial charge in [-0.2, -0.15) is 0 Å². The van der Waals surface area contributed by atoms with Gasteiger partial charge in [0, 0.05) is 44.7 Å². The van der Waals surface area contributed by atoms with Crippen molar-refractivity contribution in [1.29, 1.82) is 0 Å². The zero-order valence-electron chi connectivity index (χ0n) is 20.1. The molecule has 2 saturated heterocycles. The van der Waals surface area contributed by atoms with Gasteiger partial charge in [0.2, 0.25) is 5.91 Å². The summed E-state index contributed by atoms with van der Waals surface area (Å²) >= 11 is 0. The van der Waals surface area contributed by atoms with E-state index >= 15 is 0 Å². The highest BCUT2D eigenvalue weighted by molar-refractivity contribution is 5.93. The van der Waals surface area contributed by atoms with Gasteiger partial charge in [-0.1, -0.05) is 6.42 Å². The quantitative estimate of drug-likeness (QED) is 0.634. The van der Waals surface area contributed by atoms with Gasteiger partial charge in [0.1, 0.15) is 11.4 Å². The van der Waals surface area contributed by atoms with Gasteiger partial charge in [0.15, 0.2) is 5.69 Å². The van der Waals surface area contributed by atoms with Gasteiger partial charge >= 0.3 is 5.97 Å². The first-order chi connectivity index (χ1) is 16.1. The average Bonchev–Trinajstić information content (AvgIpc) is 3.14. The second-order valence-corrected chi connectivity index (χ2v) is 10.4. The summed E-state index contributed by atoms with van der Waals surface area (Å²) in [5.74, 6) is 0.851. The summed E-state index contributed by atoms with van der Waals surface area (Å²) in [5.41, 5.74) is 0.822. The van der Waals surface area contributed by atoms with Crippen LogP contribution in [0.3, 0.4) is 0 Å². The number of hydrogen-bond acceptors (Lipinski definition) is 6. The van der Waals surface area contributed by atoms with Crippen LogP contribution in [0.5, 0.6) is 0 Å². The van der Waals surface area contributed by atoms with Crippen LogP contribution < -0.4 is 4.90 Å². The van der Waals surface area contributed by atoms with E-state index < -0.39 is 5.60 Å². The van der Waals surface area contributed by atoms with Gasteiger partial charge in [-0.05, 0) is 83.0 Å². The molecule has 3 fully saturated rings. The second-order valence-electron chi connectivity index (χ2n) is 10.4. The fourth-order valence-electron chi connectivity index (χ4n) is 6.15. The van der Waals surface area contributed by atoms with Crippen LogP contribution >= 0.6 is 0 Å². The van der Waals surface area contributed by atoms with Crippen molar-refractivity contribution in [3.63, 3.8) is 0 Å². The number of likely N-dealkylation sites (tertiary alicyclic amines) is 1. The molecule has 1 aliphatic carbocycles. The van der Waals surface area contributed by atoms with E-state index in [1.165, 1.54) is 38.5 Å². The Hall–Kier alpha value is -2.15. The molecule has 1 amide bonds. The van der Waals surface area contributed by atoms with Crippen molar-refractivity contribution in [2.24, 2.45) is 5.92 Å². The highest BCUT2D eigenvalue weighted by Gasteiger charge is 2.49. The Balaban J connectivity index is 1.20. The Morgan fingerprint density at radius 3 is 2.42 bits per heavy atom. The Morgan fingerprint density at radius 2 is 1.73 bits per heavy atom. The zero-order chi connectivity index (χ0) is 22.8. The van der Waals surface area contributed by atoms with Crippen molar-refractivity contribution in [2.45, 2.75) is 69.8 Å². The van der Waals surface area contributed by atoms with Crippen LogP contribution in [0.15, 0.2) is 12.1 Å². The molecule has 0 N–H and O–H groups in total. The van der Waals surface area contributed by atoms with Crippen molar-refractivity contribution < 1.29 is 14.3 Å². The maximum absolute atomic E-state index is 13.1. The molecular weight excluding hydrogens is 416 g/mol. The van der Waals surface area contributed by atoms with Gasteiger partial charge < -0.3 is 19.4 Å². The third kappa shape index (κ3) is 4.61. The van der Waals surface area contributed by atoms with Crippen LogP contribution in [0.2, 0.25) is 0 Å². The molecule has 0 unspecified atom stereocenters. The minimum absolute atomic E-state index is 0.0188. The van der Waals surface area contributed by atoms with Crippen molar-refractivity contribution >= 4 is 17.7 Å². The topological polar surface area (TPSA) is 66.0 Å². The number of hydrogen-bond donors (Lipinski definition) is 0. The fraction of sp³-hybridized carbons (Fsp3) is 0.731. The normalized spacial score (nSPS) is 28.0. The number of likely N-dealkylation sites (N-methyl/N-ethyl adjacent to an activating group) is 1. The summed E-state index contributed by atoms with van der Waals surface area (Å²) in [4.78, 5) is 37.2. The molecule has 0 aromatic carbocycles. The van der Waals surface area contributed by atoms with E-state index in [0.717, 1.165) is 63.5 Å². The number of nitrogens with zero attached hydrogens (tertiary/aromatic N) is 4. The van der Waals surface area contributed by atoms with Crippen LogP contribution in [-0.4, -0.2) is 73.0 Å². The third-order valence-electron chi connectivity index (χ3n) is 8.25. The summed E-state index contributed by atoms with van der Waals surface area (Å²) in [6.07, 6.45) is 10.4. The highest BCUT2D eigenvalue weighted by Crippen LogP contribution is 2.48. The van der Waals surface area contributed by atoms with Gasteiger partial charge in [0.25, 0.3) is 0 Å². The first kappa shape index (κ1) is 22.6. The molecule has 0 atom stereocenters. The minimum atomic E-state index is -0.594. The minimum Gasteiger partial charge on any atom is -0.449 e. The molecule has 7 nitrogen and oxygen atoms in total. The molecule has 180 valence electrons. The molecule has 1 aromatic rings. The van der Waals surface area contributed by atoms with E-state index in [0.29, 0.717) is 18.5 Å². The van der Waals surface area contributed by atoms with Gasteiger partial charge in [0.05, 0.1) is 0 Å².